The average Bonchev–Trinajstić information content (AvgIpc) is 2.26. The summed E-state index contributed by atoms with van der Waals surface area (Å²) in [4.78, 5) is 6.81. The van der Waals surface area contributed by atoms with Crippen LogP contribution in [0.1, 0.15) is 25.2 Å². The summed E-state index contributed by atoms with van der Waals surface area (Å²) < 4.78 is 0. The van der Waals surface area contributed by atoms with Crippen LogP contribution < -0.4 is 0 Å². The molecule has 0 atom stereocenters. The molecule has 2 heteroatoms. The molecule has 76 valence electrons. The minimum Gasteiger partial charge on any atom is -0.298 e. The maximum atomic E-state index is 4.47. The highest BCUT2D eigenvalue weighted by molar-refractivity contribution is 5.41. The Morgan fingerprint density at radius 2 is 2.07 bits per heavy atom. The summed E-state index contributed by atoms with van der Waals surface area (Å²) in [6.07, 6.45) is 1.78. The van der Waals surface area contributed by atoms with Gasteiger partial charge >= 0.3 is 0 Å². The van der Waals surface area contributed by atoms with E-state index in [0.29, 0.717) is 0 Å². The Balaban J connectivity index is 2.70. The van der Waals surface area contributed by atoms with Crippen molar-refractivity contribution < 1.29 is 0 Å². The van der Waals surface area contributed by atoms with Gasteiger partial charge in [0, 0.05) is 6.54 Å². The third-order valence-electron chi connectivity index (χ3n) is 2.32. The number of aromatic nitrogens is 1. The minimum absolute atomic E-state index is 0.925. The molecule has 0 N–H and O–H groups in total. The van der Waals surface area contributed by atoms with E-state index in [4.69, 9.17) is 0 Å². The van der Waals surface area contributed by atoms with E-state index in [1.165, 1.54) is 0 Å². The van der Waals surface area contributed by atoms with Crippen molar-refractivity contribution in [2.45, 2.75) is 20.4 Å². The molecule has 0 aliphatic carbocycles. The summed E-state index contributed by atoms with van der Waals surface area (Å²) in [7, 11) is 0. The first kappa shape index (κ1) is 10.9. The summed E-state index contributed by atoms with van der Waals surface area (Å²) in [6.45, 7) is 11.1. The normalized spacial score (nSPS) is 10.5. The molecule has 0 amide bonds. The summed E-state index contributed by atoms with van der Waals surface area (Å²) >= 11 is 0. The highest BCUT2D eigenvalue weighted by Crippen LogP contribution is 2.04. The van der Waals surface area contributed by atoms with Crippen LogP contribution in [-0.4, -0.2) is 23.0 Å². The lowest BCUT2D eigenvalue weighted by molar-refractivity contribution is 0.292. The van der Waals surface area contributed by atoms with Crippen LogP contribution in [-0.2, 0) is 6.54 Å². The van der Waals surface area contributed by atoms with E-state index in [1.807, 2.05) is 12.1 Å². The van der Waals surface area contributed by atoms with E-state index in [-0.39, 0.29) is 0 Å². The standard InChI is InChI=1S/C12H18N2/c1-4-11-8-7-9-12(13-11)10-14(5-2)6-3/h4,7-9H,1,5-6,10H2,2-3H3. The second kappa shape index (κ2) is 5.55. The Kier molecular flexibility index (Phi) is 4.33. The van der Waals surface area contributed by atoms with Gasteiger partial charge in [-0.3, -0.25) is 9.88 Å². The van der Waals surface area contributed by atoms with E-state index in [9.17, 15) is 0 Å². The first-order chi connectivity index (χ1) is 6.80. The molecule has 14 heavy (non-hydrogen) atoms. The third kappa shape index (κ3) is 2.96. The predicted molar refractivity (Wildman–Crippen MR) is 61.0 cm³/mol. The third-order valence-corrected chi connectivity index (χ3v) is 2.32. The first-order valence-corrected chi connectivity index (χ1v) is 5.10. The van der Waals surface area contributed by atoms with E-state index < -0.39 is 0 Å². The van der Waals surface area contributed by atoms with Gasteiger partial charge in [-0.15, -0.1) is 0 Å². The van der Waals surface area contributed by atoms with Crippen molar-refractivity contribution in [3.63, 3.8) is 0 Å². The Morgan fingerprint density at radius 3 is 2.64 bits per heavy atom. The molecule has 1 rings (SSSR count). The maximum Gasteiger partial charge on any atom is 0.0627 e. The second-order valence-corrected chi connectivity index (χ2v) is 3.22. The zero-order valence-electron chi connectivity index (χ0n) is 9.03. The SMILES string of the molecule is C=Cc1cccc(CN(CC)CC)n1. The fourth-order valence-electron chi connectivity index (χ4n) is 1.38. The van der Waals surface area contributed by atoms with Crippen LogP contribution in [0.2, 0.25) is 0 Å². The highest BCUT2D eigenvalue weighted by atomic mass is 15.1. The van der Waals surface area contributed by atoms with Crippen molar-refractivity contribution in [1.82, 2.24) is 9.88 Å². The van der Waals surface area contributed by atoms with Crippen LogP contribution in [0.5, 0.6) is 0 Å². The molecule has 0 aromatic carbocycles. The summed E-state index contributed by atoms with van der Waals surface area (Å²) in [6, 6.07) is 6.06. The van der Waals surface area contributed by atoms with Crippen molar-refractivity contribution in [1.29, 1.82) is 0 Å². The number of pyridine rings is 1. The molecule has 0 saturated carbocycles. The van der Waals surface area contributed by atoms with Gasteiger partial charge in [0.1, 0.15) is 0 Å². The number of hydrogen-bond donors (Lipinski definition) is 0. The Hall–Kier alpha value is -1.15. The Morgan fingerprint density at radius 1 is 1.36 bits per heavy atom. The number of rotatable bonds is 5. The van der Waals surface area contributed by atoms with Gasteiger partial charge in [0.05, 0.1) is 11.4 Å². The van der Waals surface area contributed by atoms with Crippen LogP contribution >= 0.6 is 0 Å². The molecule has 0 bridgehead atoms. The van der Waals surface area contributed by atoms with E-state index in [2.05, 4.69) is 36.4 Å². The van der Waals surface area contributed by atoms with E-state index >= 15 is 0 Å². The van der Waals surface area contributed by atoms with Gasteiger partial charge in [-0.05, 0) is 31.3 Å². The minimum atomic E-state index is 0.925. The van der Waals surface area contributed by atoms with Crippen LogP contribution in [0, 0.1) is 0 Å². The zero-order chi connectivity index (χ0) is 10.4. The largest absolute Gasteiger partial charge is 0.298 e. The van der Waals surface area contributed by atoms with Crippen molar-refractivity contribution >= 4 is 6.08 Å². The van der Waals surface area contributed by atoms with Crippen molar-refractivity contribution in [3.05, 3.63) is 36.2 Å². The lowest BCUT2D eigenvalue weighted by Crippen LogP contribution is -2.22. The molecule has 0 aliphatic rings. The van der Waals surface area contributed by atoms with Crippen LogP contribution in [0.3, 0.4) is 0 Å². The first-order valence-electron chi connectivity index (χ1n) is 5.10. The van der Waals surface area contributed by atoms with Gasteiger partial charge in [0.25, 0.3) is 0 Å². The molecule has 0 saturated heterocycles. The average molecular weight is 190 g/mol. The molecule has 1 aromatic heterocycles. The van der Waals surface area contributed by atoms with E-state index in [0.717, 1.165) is 31.0 Å². The Bertz CT molecular complexity index is 290. The van der Waals surface area contributed by atoms with Crippen LogP contribution in [0.15, 0.2) is 24.8 Å². The maximum absolute atomic E-state index is 4.47. The van der Waals surface area contributed by atoms with Crippen LogP contribution in [0.4, 0.5) is 0 Å². The van der Waals surface area contributed by atoms with Gasteiger partial charge in [0.15, 0.2) is 0 Å². The quantitative estimate of drug-likeness (QED) is 0.709. The fourth-order valence-corrected chi connectivity index (χ4v) is 1.38. The van der Waals surface area contributed by atoms with Gasteiger partial charge in [0.2, 0.25) is 0 Å². The molecule has 0 aliphatic heterocycles. The molecule has 1 aromatic rings. The summed E-state index contributed by atoms with van der Waals surface area (Å²) in [5.41, 5.74) is 2.07. The van der Waals surface area contributed by atoms with Gasteiger partial charge < -0.3 is 0 Å². The van der Waals surface area contributed by atoms with Gasteiger partial charge in [-0.1, -0.05) is 26.5 Å². The molecular formula is C12H18N2. The molecule has 2 nitrogen and oxygen atoms in total. The molecule has 1 heterocycles. The molecule has 0 spiro atoms. The number of hydrogen-bond acceptors (Lipinski definition) is 2. The molecular weight excluding hydrogens is 172 g/mol. The second-order valence-electron chi connectivity index (χ2n) is 3.22. The Labute approximate surface area is 86.3 Å². The fraction of sp³-hybridized carbons (Fsp3) is 0.417. The zero-order valence-corrected chi connectivity index (χ0v) is 9.03. The van der Waals surface area contributed by atoms with Crippen molar-refractivity contribution in [2.75, 3.05) is 13.1 Å². The summed E-state index contributed by atoms with van der Waals surface area (Å²) in [5.74, 6) is 0. The smallest absolute Gasteiger partial charge is 0.0627 e. The number of nitrogens with zero attached hydrogens (tertiary/aromatic N) is 2. The monoisotopic (exact) mass is 190 g/mol. The van der Waals surface area contributed by atoms with Crippen molar-refractivity contribution in [2.24, 2.45) is 0 Å². The summed E-state index contributed by atoms with van der Waals surface area (Å²) in [5, 5.41) is 0. The van der Waals surface area contributed by atoms with Crippen LogP contribution in [0.25, 0.3) is 6.08 Å². The lowest BCUT2D eigenvalue weighted by Gasteiger charge is -2.17. The topological polar surface area (TPSA) is 16.1 Å². The predicted octanol–water partition coefficient (Wildman–Crippen LogP) is 2.57. The van der Waals surface area contributed by atoms with Crippen molar-refractivity contribution in [3.8, 4) is 0 Å². The van der Waals surface area contributed by atoms with Gasteiger partial charge in [-0.2, -0.15) is 0 Å². The molecule has 0 radical (unpaired) electrons. The van der Waals surface area contributed by atoms with E-state index in [1.54, 1.807) is 6.08 Å². The van der Waals surface area contributed by atoms with Gasteiger partial charge in [-0.25, -0.2) is 0 Å². The molecule has 0 fully saturated rings. The molecule has 0 unspecified atom stereocenters. The highest BCUT2D eigenvalue weighted by Gasteiger charge is 2.01. The lowest BCUT2D eigenvalue weighted by atomic mass is 10.3.